The molecule has 1 heteroatoms. The molecule has 0 heterocycles. The minimum Gasteiger partial charge on any atom is -0.323 e. The van der Waals surface area contributed by atoms with Gasteiger partial charge in [0.2, 0.25) is 0 Å². The van der Waals surface area contributed by atoms with Gasteiger partial charge >= 0.3 is 32.7 Å². The summed E-state index contributed by atoms with van der Waals surface area (Å²) < 4.78 is 0. The van der Waals surface area contributed by atoms with Crippen molar-refractivity contribution in [1.82, 2.24) is 0 Å². The Morgan fingerprint density at radius 2 is 0.556 bits per heavy atom. The summed E-state index contributed by atoms with van der Waals surface area (Å²) in [7, 11) is 0. The quantitative estimate of drug-likeness (QED) is 0.530. The van der Waals surface area contributed by atoms with Crippen LogP contribution in [0.5, 0.6) is 0 Å². The van der Waals surface area contributed by atoms with Crippen LogP contribution in [0.4, 0.5) is 0 Å². The monoisotopic (exact) mass is 203 g/mol. The van der Waals surface area contributed by atoms with Crippen LogP contribution in [-0.2, 0) is 32.7 Å². The van der Waals surface area contributed by atoms with E-state index in [1.54, 1.807) is 0 Å². The van der Waals surface area contributed by atoms with Crippen LogP contribution < -0.4 is 0 Å². The van der Waals surface area contributed by atoms with Gasteiger partial charge in [-0.15, -0.1) is 0 Å². The number of hydrogen-bond acceptors (Lipinski definition) is 0. The van der Waals surface area contributed by atoms with E-state index in [-0.39, 0.29) is 32.7 Å². The summed E-state index contributed by atoms with van der Waals surface area (Å²) in [5.74, 6) is 2.83. The van der Waals surface area contributed by atoms with Crippen LogP contribution in [0.2, 0.25) is 0 Å². The first-order chi connectivity index (χ1) is 3.46. The molecule has 0 saturated heterocycles. The SMILES string of the molecule is C[C-](C)C.C[C-](C)C.[Y+3]. The molecule has 0 aromatic carbocycles. The molecule has 0 rings (SSSR count). The summed E-state index contributed by atoms with van der Waals surface area (Å²) in [5.41, 5.74) is 0. The molecule has 0 fully saturated rings. The van der Waals surface area contributed by atoms with E-state index in [0.717, 1.165) is 0 Å². The van der Waals surface area contributed by atoms with Gasteiger partial charge in [0.25, 0.3) is 0 Å². The minimum absolute atomic E-state index is 0. The first kappa shape index (κ1) is 16.6. The average Bonchev–Trinajstić information content (AvgIpc) is 1.25. The van der Waals surface area contributed by atoms with E-state index < -0.39 is 0 Å². The van der Waals surface area contributed by atoms with E-state index in [1.165, 1.54) is 11.8 Å². The molecule has 0 unspecified atom stereocenters. The van der Waals surface area contributed by atoms with Gasteiger partial charge in [0.05, 0.1) is 0 Å². The zero-order valence-electron chi connectivity index (χ0n) is 7.58. The topological polar surface area (TPSA) is 0 Å². The zero-order chi connectivity index (χ0) is 7.15. The van der Waals surface area contributed by atoms with Crippen LogP contribution in [0, 0.1) is 11.8 Å². The van der Waals surface area contributed by atoms with Crippen molar-refractivity contribution in [2.75, 3.05) is 0 Å². The predicted octanol–water partition coefficient (Wildman–Crippen LogP) is 3.24. The zero-order valence-corrected chi connectivity index (χ0v) is 10.4. The number of rotatable bonds is 0. The molecule has 0 aliphatic rings. The summed E-state index contributed by atoms with van der Waals surface area (Å²) >= 11 is 0. The van der Waals surface area contributed by atoms with E-state index in [2.05, 4.69) is 41.5 Å². The molecule has 0 radical (unpaired) electrons. The van der Waals surface area contributed by atoms with Crippen LogP contribution in [0.15, 0.2) is 0 Å². The largest absolute Gasteiger partial charge is 3.00 e. The Bertz CT molecular complexity index is 20.0. The molecule has 0 aliphatic heterocycles. The Balaban J connectivity index is -0.0000000720. The fourth-order valence-corrected chi connectivity index (χ4v) is 0. The molecule has 0 spiro atoms. The van der Waals surface area contributed by atoms with Crippen LogP contribution in [0.25, 0.3) is 0 Å². The maximum atomic E-state index is 2.08. The molecular formula is C8H18Y+. The van der Waals surface area contributed by atoms with E-state index in [4.69, 9.17) is 0 Å². The van der Waals surface area contributed by atoms with Crippen molar-refractivity contribution in [2.45, 2.75) is 41.5 Å². The first-order valence-corrected chi connectivity index (χ1v) is 3.00. The van der Waals surface area contributed by atoms with Crippen LogP contribution >= 0.6 is 0 Å². The first-order valence-electron chi connectivity index (χ1n) is 3.00. The summed E-state index contributed by atoms with van der Waals surface area (Å²) in [4.78, 5) is 0. The second-order valence-corrected chi connectivity index (χ2v) is 3.00. The van der Waals surface area contributed by atoms with Crippen LogP contribution in [0.3, 0.4) is 0 Å². The minimum atomic E-state index is 0. The molecule has 0 atom stereocenters. The smallest absolute Gasteiger partial charge is 0.323 e. The van der Waals surface area contributed by atoms with Crippen molar-refractivity contribution in [3.05, 3.63) is 11.8 Å². The molecule has 0 nitrogen and oxygen atoms in total. The van der Waals surface area contributed by atoms with Crippen molar-refractivity contribution < 1.29 is 32.7 Å². The second-order valence-electron chi connectivity index (χ2n) is 3.00. The molecule has 0 aromatic heterocycles. The maximum absolute atomic E-state index is 2.08. The molecule has 9 heavy (non-hydrogen) atoms. The molecular weight excluding hydrogens is 185 g/mol. The third kappa shape index (κ3) is 377. The molecule has 0 aliphatic carbocycles. The van der Waals surface area contributed by atoms with Gasteiger partial charge in [-0.05, 0) is 0 Å². The van der Waals surface area contributed by atoms with Gasteiger partial charge in [0.1, 0.15) is 0 Å². The molecule has 0 saturated carbocycles. The Morgan fingerprint density at radius 3 is 0.556 bits per heavy atom. The summed E-state index contributed by atoms with van der Waals surface area (Å²) in [6.07, 6.45) is 0. The standard InChI is InChI=1S/2C4H9.Y/c2*1-4(2)3;/h2*1-3H3;/q2*-1;+3. The fraction of sp³-hybridized carbons (Fsp3) is 0.750. The molecule has 0 amide bonds. The van der Waals surface area contributed by atoms with Gasteiger partial charge in [-0.1, -0.05) is 0 Å². The summed E-state index contributed by atoms with van der Waals surface area (Å²) in [6, 6.07) is 0. The van der Waals surface area contributed by atoms with Gasteiger partial charge in [-0.2, -0.15) is 41.5 Å². The van der Waals surface area contributed by atoms with Crippen LogP contribution in [0.1, 0.15) is 41.5 Å². The molecule has 52 valence electrons. The predicted molar refractivity (Wildman–Crippen MR) is 40.5 cm³/mol. The van der Waals surface area contributed by atoms with Gasteiger partial charge in [0.15, 0.2) is 0 Å². The third-order valence-electron chi connectivity index (χ3n) is 0. The summed E-state index contributed by atoms with van der Waals surface area (Å²) in [5, 5.41) is 0. The third-order valence-corrected chi connectivity index (χ3v) is 0. The Labute approximate surface area is 85.7 Å². The second kappa shape index (κ2) is 11.8. The van der Waals surface area contributed by atoms with Gasteiger partial charge < -0.3 is 11.8 Å². The van der Waals surface area contributed by atoms with E-state index in [0.29, 0.717) is 0 Å². The Morgan fingerprint density at radius 1 is 0.556 bits per heavy atom. The fourth-order valence-electron chi connectivity index (χ4n) is 0. The van der Waals surface area contributed by atoms with E-state index in [9.17, 15) is 0 Å². The van der Waals surface area contributed by atoms with Gasteiger partial charge in [-0.3, -0.25) is 0 Å². The molecule has 0 N–H and O–H groups in total. The molecule has 0 aromatic rings. The van der Waals surface area contributed by atoms with Crippen LogP contribution in [-0.4, -0.2) is 0 Å². The van der Waals surface area contributed by atoms with Gasteiger partial charge in [0, 0.05) is 0 Å². The van der Waals surface area contributed by atoms with Crippen molar-refractivity contribution in [2.24, 2.45) is 0 Å². The maximum Gasteiger partial charge on any atom is 3.00 e. The van der Waals surface area contributed by atoms with E-state index in [1.807, 2.05) is 0 Å². The summed E-state index contributed by atoms with van der Waals surface area (Å²) in [6.45, 7) is 12.5. The molecule has 0 bridgehead atoms. The van der Waals surface area contributed by atoms with Crippen molar-refractivity contribution in [3.63, 3.8) is 0 Å². The van der Waals surface area contributed by atoms with Crippen molar-refractivity contribution in [1.29, 1.82) is 0 Å². The normalized spacial score (nSPS) is 8.00. The number of hydrogen-bond donors (Lipinski definition) is 0. The van der Waals surface area contributed by atoms with Gasteiger partial charge in [-0.25, -0.2) is 0 Å². The van der Waals surface area contributed by atoms with Crippen molar-refractivity contribution in [3.8, 4) is 0 Å². The van der Waals surface area contributed by atoms with Crippen molar-refractivity contribution >= 4 is 0 Å². The van der Waals surface area contributed by atoms with E-state index >= 15 is 0 Å². The Kier molecular flexibility index (Phi) is 21.8. The Hall–Kier alpha value is 1.10. The average molecular weight is 203 g/mol.